The number of hydrogen-bond acceptors (Lipinski definition) is 3. The van der Waals surface area contributed by atoms with Gasteiger partial charge in [-0.2, -0.15) is 0 Å². The van der Waals surface area contributed by atoms with Crippen LogP contribution in [0.5, 0.6) is 0 Å². The lowest BCUT2D eigenvalue weighted by atomic mass is 9.46. The summed E-state index contributed by atoms with van der Waals surface area (Å²) >= 11 is 0. The molecule has 2 saturated carbocycles. The zero-order valence-corrected chi connectivity index (χ0v) is 13.5. The molecular weight excluding hydrogens is 276 g/mol. The topological polar surface area (TPSA) is 64.4 Å². The van der Waals surface area contributed by atoms with Crippen molar-refractivity contribution in [1.82, 2.24) is 5.32 Å². The summed E-state index contributed by atoms with van der Waals surface area (Å²) in [5.41, 5.74) is 5.53. The minimum absolute atomic E-state index is 0. The summed E-state index contributed by atoms with van der Waals surface area (Å²) in [6.45, 7) is 7.17. The zero-order valence-electron chi connectivity index (χ0n) is 12.6. The number of nitrogens with one attached hydrogen (secondary N) is 1. The van der Waals surface area contributed by atoms with E-state index in [-0.39, 0.29) is 35.8 Å². The van der Waals surface area contributed by atoms with E-state index in [9.17, 15) is 4.79 Å². The number of hydrogen-bond donors (Lipinski definition) is 2. The molecule has 20 heavy (non-hydrogen) atoms. The molecule has 3 atom stereocenters. The van der Waals surface area contributed by atoms with Crippen LogP contribution >= 0.6 is 12.4 Å². The van der Waals surface area contributed by atoms with Crippen LogP contribution in [0.15, 0.2) is 0 Å². The van der Waals surface area contributed by atoms with Gasteiger partial charge < -0.3 is 15.8 Å². The smallest absolute Gasteiger partial charge is 0.241 e. The summed E-state index contributed by atoms with van der Waals surface area (Å²) in [5.74, 6) is 0.967. The van der Waals surface area contributed by atoms with Gasteiger partial charge in [-0.05, 0) is 31.6 Å². The van der Waals surface area contributed by atoms with Crippen molar-refractivity contribution in [3.05, 3.63) is 0 Å². The number of amides is 1. The second-order valence-corrected chi connectivity index (χ2v) is 7.38. The predicted molar refractivity (Wildman–Crippen MR) is 80.7 cm³/mol. The van der Waals surface area contributed by atoms with Crippen LogP contribution in [-0.2, 0) is 9.53 Å². The molecule has 0 radical (unpaired) electrons. The summed E-state index contributed by atoms with van der Waals surface area (Å²) < 4.78 is 5.84. The minimum Gasteiger partial charge on any atom is -0.377 e. The Morgan fingerprint density at radius 1 is 1.35 bits per heavy atom. The van der Waals surface area contributed by atoms with Crippen LogP contribution < -0.4 is 11.1 Å². The molecule has 1 amide bonds. The second kappa shape index (κ2) is 5.15. The Morgan fingerprint density at radius 3 is 2.60 bits per heavy atom. The van der Waals surface area contributed by atoms with Gasteiger partial charge in [0.25, 0.3) is 0 Å². The first-order chi connectivity index (χ1) is 8.87. The van der Waals surface area contributed by atoms with Gasteiger partial charge in [-0.15, -0.1) is 12.4 Å². The van der Waals surface area contributed by atoms with Gasteiger partial charge in [-0.25, -0.2) is 0 Å². The first kappa shape index (κ1) is 16.1. The van der Waals surface area contributed by atoms with Gasteiger partial charge in [0.05, 0.1) is 6.10 Å². The lowest BCUT2D eigenvalue weighted by Gasteiger charge is -2.65. The summed E-state index contributed by atoms with van der Waals surface area (Å²) in [6.07, 6.45) is 4.36. The van der Waals surface area contributed by atoms with Crippen molar-refractivity contribution in [2.75, 3.05) is 6.61 Å². The first-order valence-corrected chi connectivity index (χ1v) is 7.59. The summed E-state index contributed by atoms with van der Waals surface area (Å²) in [7, 11) is 0. The highest BCUT2D eigenvalue weighted by Gasteiger charge is 2.70. The van der Waals surface area contributed by atoms with Gasteiger partial charge in [-0.3, -0.25) is 4.79 Å². The van der Waals surface area contributed by atoms with Crippen LogP contribution in [0, 0.1) is 17.3 Å². The quantitative estimate of drug-likeness (QED) is 0.818. The van der Waals surface area contributed by atoms with Gasteiger partial charge in [0.1, 0.15) is 5.54 Å². The largest absolute Gasteiger partial charge is 0.377 e. The number of carbonyl (C=O) groups excluding carboxylic acids is 1. The fraction of sp³-hybridized carbons (Fsp3) is 0.933. The molecule has 2 aliphatic carbocycles. The maximum atomic E-state index is 12.6. The molecule has 1 saturated heterocycles. The standard InChI is InChI=1S/C15H26N2O2.ClH/c1-9-7-10(8-9)17-13(18)15(16)11-5-4-6-19-12(11)14(15,2)3;/h9-12H,4-8,16H2,1-3H3,(H,17,18);1H. The monoisotopic (exact) mass is 302 g/mol. The highest BCUT2D eigenvalue weighted by atomic mass is 35.5. The first-order valence-electron chi connectivity index (χ1n) is 7.59. The summed E-state index contributed by atoms with van der Waals surface area (Å²) in [5, 5.41) is 3.16. The number of halogens is 1. The highest BCUT2D eigenvalue weighted by molar-refractivity contribution is 5.89. The maximum Gasteiger partial charge on any atom is 0.241 e. The summed E-state index contributed by atoms with van der Waals surface area (Å²) in [6, 6.07) is 0.335. The molecule has 0 spiro atoms. The molecule has 0 aromatic heterocycles. The third-order valence-corrected chi connectivity index (χ3v) is 5.77. The van der Waals surface area contributed by atoms with E-state index in [1.807, 2.05) is 0 Å². The lowest BCUT2D eigenvalue weighted by molar-refractivity contribution is -0.225. The van der Waals surface area contributed by atoms with Gasteiger partial charge in [0.15, 0.2) is 0 Å². The Kier molecular flexibility index (Phi) is 4.13. The minimum atomic E-state index is -0.753. The zero-order chi connectivity index (χ0) is 13.8. The second-order valence-electron chi connectivity index (χ2n) is 7.38. The van der Waals surface area contributed by atoms with Gasteiger partial charge in [0.2, 0.25) is 5.91 Å². The molecule has 3 fully saturated rings. The van der Waals surface area contributed by atoms with Crippen molar-refractivity contribution in [3.63, 3.8) is 0 Å². The molecule has 4 nitrogen and oxygen atoms in total. The predicted octanol–water partition coefficient (Wildman–Crippen LogP) is 1.86. The fourth-order valence-electron chi connectivity index (χ4n) is 4.36. The third kappa shape index (κ3) is 1.99. The molecule has 0 aromatic carbocycles. The Labute approximate surface area is 127 Å². The van der Waals surface area contributed by atoms with E-state index >= 15 is 0 Å². The molecule has 1 heterocycles. The van der Waals surface area contributed by atoms with E-state index < -0.39 is 5.54 Å². The van der Waals surface area contributed by atoms with Crippen molar-refractivity contribution >= 4 is 18.3 Å². The van der Waals surface area contributed by atoms with Crippen LogP contribution in [0.2, 0.25) is 0 Å². The van der Waals surface area contributed by atoms with Crippen molar-refractivity contribution < 1.29 is 9.53 Å². The van der Waals surface area contributed by atoms with Crippen molar-refractivity contribution in [1.29, 1.82) is 0 Å². The molecule has 1 aliphatic heterocycles. The Morgan fingerprint density at radius 2 is 2.00 bits per heavy atom. The Hall–Kier alpha value is -0.320. The number of carbonyl (C=O) groups is 1. The van der Waals surface area contributed by atoms with Gasteiger partial charge in [0, 0.05) is 24.0 Å². The molecule has 3 rings (SSSR count). The Balaban J connectivity index is 0.00000147. The molecule has 5 heteroatoms. The fourth-order valence-corrected chi connectivity index (χ4v) is 4.36. The maximum absolute atomic E-state index is 12.6. The molecule has 3 unspecified atom stereocenters. The Bertz CT molecular complexity index is 395. The lowest BCUT2D eigenvalue weighted by Crippen LogP contribution is -2.82. The average Bonchev–Trinajstić information content (AvgIpc) is 2.35. The molecule has 116 valence electrons. The average molecular weight is 303 g/mol. The van der Waals surface area contributed by atoms with Crippen LogP contribution in [0.3, 0.4) is 0 Å². The van der Waals surface area contributed by atoms with Crippen LogP contribution in [0.25, 0.3) is 0 Å². The van der Waals surface area contributed by atoms with Crippen LogP contribution in [0.1, 0.15) is 46.5 Å². The van der Waals surface area contributed by atoms with E-state index in [1.54, 1.807) is 0 Å². The van der Waals surface area contributed by atoms with E-state index in [2.05, 4.69) is 26.1 Å². The number of nitrogens with two attached hydrogens (primary N) is 1. The summed E-state index contributed by atoms with van der Waals surface area (Å²) in [4.78, 5) is 12.6. The number of ether oxygens (including phenoxy) is 1. The van der Waals surface area contributed by atoms with E-state index in [1.165, 1.54) is 0 Å². The molecular formula is C15H27ClN2O2. The van der Waals surface area contributed by atoms with Crippen molar-refractivity contribution in [2.45, 2.75) is 64.1 Å². The van der Waals surface area contributed by atoms with E-state index in [0.29, 0.717) is 6.04 Å². The molecule has 0 aromatic rings. The van der Waals surface area contributed by atoms with Crippen LogP contribution in [0.4, 0.5) is 0 Å². The van der Waals surface area contributed by atoms with Gasteiger partial charge >= 0.3 is 0 Å². The molecule has 3 N–H and O–H groups in total. The van der Waals surface area contributed by atoms with Crippen LogP contribution in [-0.4, -0.2) is 30.2 Å². The van der Waals surface area contributed by atoms with E-state index in [4.69, 9.17) is 10.5 Å². The van der Waals surface area contributed by atoms with Gasteiger partial charge in [-0.1, -0.05) is 20.8 Å². The molecule has 3 aliphatic rings. The third-order valence-electron chi connectivity index (χ3n) is 5.77. The number of rotatable bonds is 2. The van der Waals surface area contributed by atoms with Crippen molar-refractivity contribution in [3.8, 4) is 0 Å². The van der Waals surface area contributed by atoms with E-state index in [0.717, 1.165) is 38.2 Å². The SMILES string of the molecule is CC1CC(NC(=O)C2(N)C3CCCOC3C2(C)C)C1.Cl. The normalized spacial score (nSPS) is 45.2. The van der Waals surface area contributed by atoms with Crippen molar-refractivity contribution in [2.24, 2.45) is 23.0 Å². The highest BCUT2D eigenvalue weighted by Crippen LogP contribution is 2.57. The number of fused-ring (bicyclic) bond motifs is 1. The molecule has 0 bridgehead atoms.